The molecule has 0 saturated carbocycles. The van der Waals surface area contributed by atoms with Gasteiger partial charge in [-0.05, 0) is 61.1 Å². The molecule has 132 valence electrons. The van der Waals surface area contributed by atoms with Gasteiger partial charge >= 0.3 is 0 Å². The summed E-state index contributed by atoms with van der Waals surface area (Å²) >= 11 is 5.71. The van der Waals surface area contributed by atoms with E-state index in [1.165, 1.54) is 16.3 Å². The van der Waals surface area contributed by atoms with Crippen LogP contribution in [0.1, 0.15) is 51.5 Å². The van der Waals surface area contributed by atoms with Gasteiger partial charge in [-0.25, -0.2) is 0 Å². The molecule has 0 fully saturated rings. The normalized spacial score (nSPS) is 11.0. The van der Waals surface area contributed by atoms with Crippen molar-refractivity contribution in [1.29, 1.82) is 0 Å². The number of benzene rings is 2. The summed E-state index contributed by atoms with van der Waals surface area (Å²) in [4.78, 5) is 0. The molecule has 0 aliphatic carbocycles. The molecule has 0 atom stereocenters. The minimum absolute atomic E-state index is 0.735. The second kappa shape index (κ2) is 10.5. The van der Waals surface area contributed by atoms with Crippen LogP contribution < -0.4 is 9.47 Å². The lowest BCUT2D eigenvalue weighted by atomic mass is 10.0. The summed E-state index contributed by atoms with van der Waals surface area (Å²) in [5.74, 6) is 2.70. The van der Waals surface area contributed by atoms with Crippen LogP contribution in [0, 0.1) is 0 Å². The van der Waals surface area contributed by atoms with Gasteiger partial charge in [0.15, 0.2) is 0 Å². The van der Waals surface area contributed by atoms with Crippen molar-refractivity contribution in [3.8, 4) is 11.5 Å². The van der Waals surface area contributed by atoms with Crippen molar-refractivity contribution in [3.05, 3.63) is 35.9 Å². The highest BCUT2D eigenvalue weighted by molar-refractivity contribution is 6.17. The van der Waals surface area contributed by atoms with Crippen molar-refractivity contribution in [2.75, 3.05) is 19.1 Å². The number of fused-ring (bicyclic) bond motifs is 1. The predicted molar refractivity (Wildman–Crippen MR) is 104 cm³/mol. The highest BCUT2D eigenvalue weighted by Gasteiger charge is 2.08. The zero-order valence-corrected chi connectivity index (χ0v) is 15.7. The third-order valence-electron chi connectivity index (χ3n) is 4.22. The van der Waals surface area contributed by atoms with Crippen LogP contribution in [0.4, 0.5) is 0 Å². The third-order valence-corrected chi connectivity index (χ3v) is 4.48. The molecule has 2 aromatic rings. The number of halogens is 1. The quantitative estimate of drug-likeness (QED) is 0.347. The molecule has 0 aromatic heterocycles. The Morgan fingerprint density at radius 3 is 2.46 bits per heavy atom. The van der Waals surface area contributed by atoms with Crippen molar-refractivity contribution < 1.29 is 9.47 Å². The van der Waals surface area contributed by atoms with E-state index in [0.29, 0.717) is 0 Å². The molecule has 24 heavy (non-hydrogen) atoms. The summed E-state index contributed by atoms with van der Waals surface area (Å²) in [5.41, 5.74) is 1.28. The summed E-state index contributed by atoms with van der Waals surface area (Å²) in [6.07, 6.45) is 6.44. The van der Waals surface area contributed by atoms with E-state index in [4.69, 9.17) is 21.1 Å². The van der Waals surface area contributed by atoms with Gasteiger partial charge in [-0.3, -0.25) is 0 Å². The Bertz CT molecular complexity index is 625. The van der Waals surface area contributed by atoms with Gasteiger partial charge in [0.05, 0.1) is 13.2 Å². The van der Waals surface area contributed by atoms with Crippen molar-refractivity contribution in [1.82, 2.24) is 0 Å². The lowest BCUT2D eigenvalue weighted by Gasteiger charge is -2.14. The Kier molecular flexibility index (Phi) is 8.24. The summed E-state index contributed by atoms with van der Waals surface area (Å²) in [6, 6.07) is 10.6. The molecule has 0 spiro atoms. The van der Waals surface area contributed by atoms with Crippen molar-refractivity contribution in [2.45, 2.75) is 52.4 Å². The van der Waals surface area contributed by atoms with Crippen molar-refractivity contribution in [3.63, 3.8) is 0 Å². The fourth-order valence-corrected chi connectivity index (χ4v) is 3.02. The van der Waals surface area contributed by atoms with E-state index in [2.05, 4.69) is 44.2 Å². The first-order chi connectivity index (χ1) is 11.8. The van der Waals surface area contributed by atoms with Gasteiger partial charge in [-0.1, -0.05) is 32.4 Å². The Morgan fingerprint density at radius 1 is 0.875 bits per heavy atom. The highest BCUT2D eigenvalue weighted by atomic mass is 35.5. The number of alkyl halides is 1. The molecule has 3 heteroatoms. The molecule has 2 nitrogen and oxygen atoms in total. The van der Waals surface area contributed by atoms with Crippen molar-refractivity contribution >= 4 is 22.4 Å². The number of hydrogen-bond acceptors (Lipinski definition) is 2. The zero-order valence-electron chi connectivity index (χ0n) is 14.9. The molecule has 0 amide bonds. The van der Waals surface area contributed by atoms with E-state index in [9.17, 15) is 0 Å². The van der Waals surface area contributed by atoms with Crippen LogP contribution in [0.5, 0.6) is 11.5 Å². The summed E-state index contributed by atoms with van der Waals surface area (Å²) in [5, 5.41) is 2.48. The molecular formula is C21H29ClO2. The van der Waals surface area contributed by atoms with Crippen LogP contribution in [-0.2, 0) is 6.42 Å². The SMILES string of the molecule is CCCCOc1ccc2c(CC)c(OCCCCCCl)ccc2c1. The standard InChI is InChI=1S/C21H29ClO2/c1-3-5-14-23-18-10-11-20-17(16-18)9-12-21(19(20)4-2)24-15-8-6-7-13-22/h9-12,16H,3-8,13-15H2,1-2H3. The molecule has 2 rings (SSSR count). The van der Waals surface area contributed by atoms with E-state index in [0.717, 1.165) is 69.1 Å². The molecule has 2 aromatic carbocycles. The fourth-order valence-electron chi connectivity index (χ4n) is 2.83. The predicted octanol–water partition coefficient (Wildman–Crippen LogP) is 6.37. The first-order valence-corrected chi connectivity index (χ1v) is 9.70. The van der Waals surface area contributed by atoms with Gasteiger partial charge < -0.3 is 9.47 Å². The monoisotopic (exact) mass is 348 g/mol. The van der Waals surface area contributed by atoms with Gasteiger partial charge in [-0.15, -0.1) is 11.6 Å². The Morgan fingerprint density at radius 2 is 1.71 bits per heavy atom. The Balaban J connectivity index is 2.09. The maximum atomic E-state index is 6.02. The number of aryl methyl sites for hydroxylation is 1. The molecule has 0 radical (unpaired) electrons. The van der Waals surface area contributed by atoms with Gasteiger partial charge in [0.1, 0.15) is 11.5 Å². The molecule has 0 unspecified atom stereocenters. The number of rotatable bonds is 11. The van der Waals surface area contributed by atoms with Crippen LogP contribution >= 0.6 is 11.6 Å². The highest BCUT2D eigenvalue weighted by Crippen LogP contribution is 2.31. The molecule has 0 heterocycles. The van der Waals surface area contributed by atoms with Crippen LogP contribution in [0.2, 0.25) is 0 Å². The lowest BCUT2D eigenvalue weighted by molar-refractivity contribution is 0.304. The van der Waals surface area contributed by atoms with Crippen LogP contribution in [0.3, 0.4) is 0 Å². The first kappa shape index (κ1) is 18.9. The lowest BCUT2D eigenvalue weighted by Crippen LogP contribution is -2.01. The molecule has 0 aliphatic rings. The third kappa shape index (κ3) is 5.31. The maximum absolute atomic E-state index is 6.02. The molecular weight excluding hydrogens is 320 g/mol. The zero-order chi connectivity index (χ0) is 17.2. The first-order valence-electron chi connectivity index (χ1n) is 9.17. The minimum atomic E-state index is 0.735. The topological polar surface area (TPSA) is 18.5 Å². The van der Waals surface area contributed by atoms with Crippen LogP contribution in [0.15, 0.2) is 30.3 Å². The minimum Gasteiger partial charge on any atom is -0.494 e. The van der Waals surface area contributed by atoms with Crippen LogP contribution in [-0.4, -0.2) is 19.1 Å². The average molecular weight is 349 g/mol. The van der Waals surface area contributed by atoms with E-state index < -0.39 is 0 Å². The van der Waals surface area contributed by atoms with E-state index in [-0.39, 0.29) is 0 Å². The second-order valence-electron chi connectivity index (χ2n) is 6.08. The number of ether oxygens (including phenoxy) is 2. The molecule has 0 saturated heterocycles. The van der Waals surface area contributed by atoms with E-state index >= 15 is 0 Å². The molecule has 0 aliphatic heterocycles. The average Bonchev–Trinajstić information content (AvgIpc) is 2.61. The van der Waals surface area contributed by atoms with Gasteiger partial charge in [-0.2, -0.15) is 0 Å². The number of hydrogen-bond donors (Lipinski definition) is 0. The summed E-state index contributed by atoms with van der Waals surface area (Å²) < 4.78 is 11.8. The Labute approximate surface area is 151 Å². The van der Waals surface area contributed by atoms with E-state index in [1.807, 2.05) is 0 Å². The molecule has 0 bridgehead atoms. The van der Waals surface area contributed by atoms with Gasteiger partial charge in [0.25, 0.3) is 0 Å². The largest absolute Gasteiger partial charge is 0.494 e. The summed E-state index contributed by atoms with van der Waals surface area (Å²) in [7, 11) is 0. The number of unbranched alkanes of at least 4 members (excludes halogenated alkanes) is 3. The van der Waals surface area contributed by atoms with Gasteiger partial charge in [0.2, 0.25) is 0 Å². The van der Waals surface area contributed by atoms with Crippen molar-refractivity contribution in [2.24, 2.45) is 0 Å². The molecule has 0 N–H and O–H groups in total. The second-order valence-corrected chi connectivity index (χ2v) is 6.46. The van der Waals surface area contributed by atoms with E-state index in [1.54, 1.807) is 0 Å². The smallest absolute Gasteiger partial charge is 0.123 e. The summed E-state index contributed by atoms with van der Waals surface area (Å²) in [6.45, 7) is 5.90. The van der Waals surface area contributed by atoms with Crippen LogP contribution in [0.25, 0.3) is 10.8 Å². The Hall–Kier alpha value is -1.41. The fraction of sp³-hybridized carbons (Fsp3) is 0.524. The van der Waals surface area contributed by atoms with Gasteiger partial charge in [0, 0.05) is 11.4 Å². The maximum Gasteiger partial charge on any atom is 0.123 e.